The molecule has 1 N–H and O–H groups in total. The molecule has 1 aliphatic rings. The summed E-state index contributed by atoms with van der Waals surface area (Å²) >= 11 is 0. The van der Waals surface area contributed by atoms with Crippen LogP contribution in [0.5, 0.6) is 0 Å². The molecule has 1 aromatic carbocycles. The maximum Gasteiger partial charge on any atom is 0.274 e. The number of aromatic nitrogens is 2. The van der Waals surface area contributed by atoms with Crippen LogP contribution in [0.4, 0.5) is 17.2 Å². The molecule has 1 aromatic heterocycles. The predicted octanol–water partition coefficient (Wildman–Crippen LogP) is 4.33. The number of carbonyl (C=O) groups excluding carboxylic acids is 1. The third kappa shape index (κ3) is 5.21. The third-order valence-electron chi connectivity index (χ3n) is 5.37. The van der Waals surface area contributed by atoms with Gasteiger partial charge in [0.2, 0.25) is 0 Å². The molecule has 3 rings (SSSR count). The molecule has 6 heteroatoms. The number of amides is 1. The van der Waals surface area contributed by atoms with Crippen molar-refractivity contribution in [1.29, 1.82) is 0 Å². The number of nitrogens with one attached hydrogen (secondary N) is 1. The summed E-state index contributed by atoms with van der Waals surface area (Å²) in [5.41, 5.74) is 2.60. The Balaban J connectivity index is 1.57. The molecule has 0 unspecified atom stereocenters. The summed E-state index contributed by atoms with van der Waals surface area (Å²) in [7, 11) is 1.80. The average molecular weight is 382 g/mol. The van der Waals surface area contributed by atoms with Crippen LogP contribution >= 0.6 is 0 Å². The number of hydrogen-bond acceptors (Lipinski definition) is 5. The van der Waals surface area contributed by atoms with E-state index < -0.39 is 0 Å². The standard InChI is InChI=1S/C22H31N5O/c1-4-5-14-26(3)22(28)20-10-11-21(25-24-20)23-18-6-8-19(9-7-18)27-15-12-17(2)13-16-27/h6-11,17H,4-5,12-16H2,1-3H3,(H,23,25). The van der Waals surface area contributed by atoms with Crippen molar-refractivity contribution in [1.82, 2.24) is 15.1 Å². The smallest absolute Gasteiger partial charge is 0.274 e. The topological polar surface area (TPSA) is 61.4 Å². The van der Waals surface area contributed by atoms with Crippen LogP contribution in [0, 0.1) is 5.92 Å². The lowest BCUT2D eigenvalue weighted by Crippen LogP contribution is -2.32. The van der Waals surface area contributed by atoms with Crippen LogP contribution in [0.2, 0.25) is 0 Å². The zero-order chi connectivity index (χ0) is 19.9. The Morgan fingerprint density at radius 2 is 1.86 bits per heavy atom. The second-order valence-corrected chi connectivity index (χ2v) is 7.73. The zero-order valence-corrected chi connectivity index (χ0v) is 17.2. The van der Waals surface area contributed by atoms with Crippen molar-refractivity contribution in [2.75, 3.05) is 36.9 Å². The van der Waals surface area contributed by atoms with Gasteiger partial charge in [0.1, 0.15) is 0 Å². The minimum atomic E-state index is -0.0901. The van der Waals surface area contributed by atoms with Gasteiger partial charge in [-0.3, -0.25) is 4.79 Å². The van der Waals surface area contributed by atoms with E-state index >= 15 is 0 Å². The first kappa shape index (κ1) is 20.1. The van der Waals surface area contributed by atoms with Gasteiger partial charge in [-0.1, -0.05) is 20.3 Å². The van der Waals surface area contributed by atoms with Crippen LogP contribution in [-0.4, -0.2) is 47.7 Å². The van der Waals surface area contributed by atoms with Crippen LogP contribution in [0.25, 0.3) is 0 Å². The molecule has 0 spiro atoms. The summed E-state index contributed by atoms with van der Waals surface area (Å²) in [6.07, 6.45) is 4.56. The van der Waals surface area contributed by atoms with E-state index in [1.54, 1.807) is 24.1 Å². The maximum absolute atomic E-state index is 12.3. The van der Waals surface area contributed by atoms with Crippen LogP contribution in [0.15, 0.2) is 36.4 Å². The molecule has 2 aromatic rings. The number of nitrogens with zero attached hydrogens (tertiary/aromatic N) is 4. The predicted molar refractivity (Wildman–Crippen MR) is 114 cm³/mol. The first-order valence-electron chi connectivity index (χ1n) is 10.3. The van der Waals surface area contributed by atoms with Gasteiger partial charge in [0.25, 0.3) is 5.91 Å². The second kappa shape index (κ2) is 9.53. The Bertz CT molecular complexity index is 752. The summed E-state index contributed by atoms with van der Waals surface area (Å²) in [4.78, 5) is 16.5. The molecule has 2 heterocycles. The van der Waals surface area contributed by atoms with Crippen molar-refractivity contribution in [3.8, 4) is 0 Å². The van der Waals surface area contributed by atoms with E-state index in [1.807, 2.05) is 0 Å². The minimum absolute atomic E-state index is 0.0901. The molecular formula is C22H31N5O. The Morgan fingerprint density at radius 1 is 1.14 bits per heavy atom. The highest BCUT2D eigenvalue weighted by molar-refractivity contribution is 5.92. The summed E-state index contributed by atoms with van der Waals surface area (Å²) in [6.45, 7) is 7.42. The number of carbonyl (C=O) groups is 1. The average Bonchev–Trinajstić information content (AvgIpc) is 2.73. The Kier molecular flexibility index (Phi) is 6.85. The number of hydrogen-bond donors (Lipinski definition) is 1. The van der Waals surface area contributed by atoms with E-state index in [4.69, 9.17) is 0 Å². The molecule has 1 saturated heterocycles. The van der Waals surface area contributed by atoms with E-state index in [1.165, 1.54) is 18.5 Å². The van der Waals surface area contributed by atoms with Crippen molar-refractivity contribution in [3.63, 3.8) is 0 Å². The molecular weight excluding hydrogens is 350 g/mol. The highest BCUT2D eigenvalue weighted by Gasteiger charge is 2.16. The quantitative estimate of drug-likeness (QED) is 0.773. The number of unbranched alkanes of at least 4 members (excludes halogenated alkanes) is 1. The molecule has 0 saturated carbocycles. The highest BCUT2D eigenvalue weighted by atomic mass is 16.2. The number of piperidine rings is 1. The van der Waals surface area contributed by atoms with Crippen molar-refractivity contribution in [2.45, 2.75) is 39.5 Å². The Morgan fingerprint density at radius 3 is 2.46 bits per heavy atom. The fourth-order valence-electron chi connectivity index (χ4n) is 3.38. The molecule has 0 radical (unpaired) electrons. The Labute approximate surface area is 168 Å². The van der Waals surface area contributed by atoms with Gasteiger partial charge < -0.3 is 15.1 Å². The Hall–Kier alpha value is -2.63. The molecule has 0 bridgehead atoms. The van der Waals surface area contributed by atoms with Crippen LogP contribution in [0.1, 0.15) is 50.0 Å². The second-order valence-electron chi connectivity index (χ2n) is 7.73. The maximum atomic E-state index is 12.3. The van der Waals surface area contributed by atoms with Crippen molar-refractivity contribution < 1.29 is 4.79 Å². The lowest BCUT2D eigenvalue weighted by molar-refractivity contribution is 0.0786. The summed E-state index contributed by atoms with van der Waals surface area (Å²) in [5.74, 6) is 1.37. The van der Waals surface area contributed by atoms with E-state index in [-0.39, 0.29) is 5.91 Å². The fraction of sp³-hybridized carbons (Fsp3) is 0.500. The SMILES string of the molecule is CCCCN(C)C(=O)c1ccc(Nc2ccc(N3CCC(C)CC3)cc2)nn1. The number of anilines is 3. The van der Waals surface area contributed by atoms with Crippen LogP contribution in [0.3, 0.4) is 0 Å². The molecule has 1 fully saturated rings. The monoisotopic (exact) mass is 381 g/mol. The van der Waals surface area contributed by atoms with Gasteiger partial charge >= 0.3 is 0 Å². The van der Waals surface area contributed by atoms with Gasteiger partial charge in [-0.25, -0.2) is 0 Å². The molecule has 0 atom stereocenters. The normalized spacial score (nSPS) is 14.8. The van der Waals surface area contributed by atoms with Gasteiger partial charge in [-0.05, 0) is 61.6 Å². The molecule has 1 aliphatic heterocycles. The minimum Gasteiger partial charge on any atom is -0.372 e. The summed E-state index contributed by atoms with van der Waals surface area (Å²) < 4.78 is 0. The van der Waals surface area contributed by atoms with Crippen molar-refractivity contribution in [2.24, 2.45) is 5.92 Å². The van der Waals surface area contributed by atoms with E-state index in [0.29, 0.717) is 11.5 Å². The first-order chi connectivity index (χ1) is 13.6. The van der Waals surface area contributed by atoms with E-state index in [0.717, 1.165) is 44.1 Å². The van der Waals surface area contributed by atoms with Gasteiger partial charge in [0.15, 0.2) is 11.5 Å². The number of benzene rings is 1. The third-order valence-corrected chi connectivity index (χ3v) is 5.37. The molecule has 0 aliphatic carbocycles. The summed E-state index contributed by atoms with van der Waals surface area (Å²) in [5, 5.41) is 11.5. The van der Waals surface area contributed by atoms with Gasteiger partial charge in [-0.2, -0.15) is 0 Å². The molecule has 150 valence electrons. The van der Waals surface area contributed by atoms with Gasteiger partial charge in [-0.15, -0.1) is 10.2 Å². The molecule has 6 nitrogen and oxygen atoms in total. The molecule has 1 amide bonds. The van der Waals surface area contributed by atoms with Crippen molar-refractivity contribution in [3.05, 3.63) is 42.1 Å². The number of rotatable bonds is 7. The summed E-state index contributed by atoms with van der Waals surface area (Å²) in [6, 6.07) is 11.9. The first-order valence-corrected chi connectivity index (χ1v) is 10.3. The molecule has 28 heavy (non-hydrogen) atoms. The zero-order valence-electron chi connectivity index (χ0n) is 17.2. The van der Waals surface area contributed by atoms with Crippen LogP contribution in [-0.2, 0) is 0 Å². The van der Waals surface area contributed by atoms with E-state index in [9.17, 15) is 4.79 Å². The van der Waals surface area contributed by atoms with Crippen molar-refractivity contribution >= 4 is 23.1 Å². The lowest BCUT2D eigenvalue weighted by Gasteiger charge is -2.32. The van der Waals surface area contributed by atoms with Gasteiger partial charge in [0, 0.05) is 38.1 Å². The van der Waals surface area contributed by atoms with E-state index in [2.05, 4.69) is 58.5 Å². The highest BCUT2D eigenvalue weighted by Crippen LogP contribution is 2.25. The fourth-order valence-corrected chi connectivity index (χ4v) is 3.38. The lowest BCUT2D eigenvalue weighted by atomic mass is 9.99. The largest absolute Gasteiger partial charge is 0.372 e. The van der Waals surface area contributed by atoms with Crippen LogP contribution < -0.4 is 10.2 Å². The van der Waals surface area contributed by atoms with Gasteiger partial charge in [0.05, 0.1) is 0 Å².